The largest absolute Gasteiger partial charge is 0.454 e. The highest BCUT2D eigenvalue weighted by molar-refractivity contribution is 6.36. The molecule has 2 heterocycles. The van der Waals surface area contributed by atoms with Crippen LogP contribution in [0.2, 0.25) is 10.0 Å². The Bertz CT molecular complexity index is 1200. The Morgan fingerprint density at radius 2 is 1.91 bits per heavy atom. The molecule has 0 bridgehead atoms. The van der Waals surface area contributed by atoms with Crippen molar-refractivity contribution in [3.05, 3.63) is 75.1 Å². The second kappa shape index (κ2) is 10.8. The molecule has 0 fully saturated rings. The summed E-state index contributed by atoms with van der Waals surface area (Å²) in [7, 11) is 0. The standard InChI is InChI=1S/C24H23Cl2N3O5/c1-2-3-8-29(24(31)18-6-5-16(25)10-19(18)26)13-17-11-20(28-34-17)23(30)27-12-15-4-7-21-22(9-15)33-14-32-21/h4-7,9-11H,2-3,8,12-14H2,1H3,(H,27,30). The van der Waals surface area contributed by atoms with Crippen LogP contribution in [0.4, 0.5) is 0 Å². The number of ether oxygens (including phenoxy) is 2. The molecular weight excluding hydrogens is 481 g/mol. The maximum absolute atomic E-state index is 13.1. The van der Waals surface area contributed by atoms with Crippen LogP contribution in [0.25, 0.3) is 0 Å². The number of aromatic nitrogens is 1. The molecule has 0 unspecified atom stereocenters. The van der Waals surface area contributed by atoms with Gasteiger partial charge in [0.25, 0.3) is 11.8 Å². The Labute approximate surface area is 206 Å². The van der Waals surface area contributed by atoms with E-state index in [4.69, 9.17) is 37.2 Å². The monoisotopic (exact) mass is 503 g/mol. The molecule has 2 aromatic carbocycles. The molecule has 34 heavy (non-hydrogen) atoms. The lowest BCUT2D eigenvalue weighted by Crippen LogP contribution is -2.31. The van der Waals surface area contributed by atoms with Gasteiger partial charge >= 0.3 is 0 Å². The summed E-state index contributed by atoms with van der Waals surface area (Å²) in [6, 6.07) is 11.7. The van der Waals surface area contributed by atoms with E-state index >= 15 is 0 Å². The quantitative estimate of drug-likeness (QED) is 0.437. The number of nitrogens with zero attached hydrogens (tertiary/aromatic N) is 2. The average Bonchev–Trinajstić information content (AvgIpc) is 3.49. The number of carbonyl (C=O) groups excluding carboxylic acids is 2. The SMILES string of the molecule is CCCCN(Cc1cc(C(=O)NCc2ccc3c(c2)OCO3)no1)C(=O)c1ccc(Cl)cc1Cl. The van der Waals surface area contributed by atoms with Gasteiger partial charge in [-0.05, 0) is 42.3 Å². The van der Waals surface area contributed by atoms with Gasteiger partial charge in [-0.3, -0.25) is 9.59 Å². The third kappa shape index (κ3) is 5.63. The molecule has 10 heteroatoms. The molecule has 0 saturated carbocycles. The highest BCUT2D eigenvalue weighted by Gasteiger charge is 2.22. The lowest BCUT2D eigenvalue weighted by Gasteiger charge is -2.21. The first-order valence-electron chi connectivity index (χ1n) is 10.8. The van der Waals surface area contributed by atoms with E-state index in [1.165, 1.54) is 12.1 Å². The normalized spacial score (nSPS) is 12.0. The fraction of sp³-hybridized carbons (Fsp3) is 0.292. The zero-order valence-electron chi connectivity index (χ0n) is 18.5. The first kappa shape index (κ1) is 23.9. The number of unbranched alkanes of at least 4 members (excludes halogenated alkanes) is 1. The lowest BCUT2D eigenvalue weighted by atomic mass is 10.1. The maximum Gasteiger partial charge on any atom is 0.273 e. The summed E-state index contributed by atoms with van der Waals surface area (Å²) < 4.78 is 16.0. The summed E-state index contributed by atoms with van der Waals surface area (Å²) in [5.41, 5.74) is 1.34. The topological polar surface area (TPSA) is 93.9 Å². The van der Waals surface area contributed by atoms with Gasteiger partial charge in [-0.1, -0.05) is 47.8 Å². The van der Waals surface area contributed by atoms with Crippen molar-refractivity contribution >= 4 is 35.0 Å². The Hall–Kier alpha value is -3.23. The molecule has 2 amide bonds. The van der Waals surface area contributed by atoms with Crippen LogP contribution in [0.3, 0.4) is 0 Å². The summed E-state index contributed by atoms with van der Waals surface area (Å²) in [6.07, 6.45) is 1.70. The Balaban J connectivity index is 1.40. The third-order valence-corrected chi connectivity index (χ3v) is 5.81. The van der Waals surface area contributed by atoms with Crippen LogP contribution < -0.4 is 14.8 Å². The molecule has 178 valence electrons. The van der Waals surface area contributed by atoms with Gasteiger partial charge in [0.15, 0.2) is 23.0 Å². The van der Waals surface area contributed by atoms with Crippen LogP contribution in [0.5, 0.6) is 11.5 Å². The zero-order chi connectivity index (χ0) is 24.1. The molecule has 3 aromatic rings. The van der Waals surface area contributed by atoms with Gasteiger partial charge in [0.1, 0.15) is 0 Å². The molecule has 1 aliphatic heterocycles. The van der Waals surface area contributed by atoms with E-state index in [-0.39, 0.29) is 42.4 Å². The highest BCUT2D eigenvalue weighted by Crippen LogP contribution is 2.32. The maximum atomic E-state index is 13.1. The summed E-state index contributed by atoms with van der Waals surface area (Å²) in [4.78, 5) is 27.3. The Morgan fingerprint density at radius 3 is 2.71 bits per heavy atom. The molecule has 0 spiro atoms. The molecule has 4 rings (SSSR count). The van der Waals surface area contributed by atoms with Gasteiger partial charge in [-0.15, -0.1) is 0 Å². The van der Waals surface area contributed by atoms with Gasteiger partial charge in [0, 0.05) is 24.2 Å². The van der Waals surface area contributed by atoms with E-state index in [1.54, 1.807) is 23.1 Å². The predicted octanol–water partition coefficient (Wildman–Crippen LogP) is 5.08. The van der Waals surface area contributed by atoms with Gasteiger partial charge in [-0.2, -0.15) is 0 Å². The van der Waals surface area contributed by atoms with Gasteiger partial charge in [-0.25, -0.2) is 0 Å². The van der Waals surface area contributed by atoms with E-state index in [1.807, 2.05) is 19.1 Å². The fourth-order valence-corrected chi connectivity index (χ4v) is 3.93. The van der Waals surface area contributed by atoms with Gasteiger partial charge in [0.2, 0.25) is 6.79 Å². The minimum absolute atomic E-state index is 0.128. The van der Waals surface area contributed by atoms with Crippen LogP contribution in [0, 0.1) is 0 Å². The summed E-state index contributed by atoms with van der Waals surface area (Å²) in [6.45, 7) is 3.17. The van der Waals surface area contributed by atoms with E-state index in [0.717, 1.165) is 18.4 Å². The Kier molecular flexibility index (Phi) is 7.59. The summed E-state index contributed by atoms with van der Waals surface area (Å²) >= 11 is 12.2. The van der Waals surface area contributed by atoms with Crippen molar-refractivity contribution in [3.8, 4) is 11.5 Å². The number of rotatable bonds is 9. The number of carbonyl (C=O) groups is 2. The number of amides is 2. The van der Waals surface area contributed by atoms with Crippen molar-refractivity contribution in [2.45, 2.75) is 32.9 Å². The first-order chi connectivity index (χ1) is 16.4. The van der Waals surface area contributed by atoms with E-state index in [9.17, 15) is 9.59 Å². The molecule has 1 N–H and O–H groups in total. The number of hydrogen-bond donors (Lipinski definition) is 1. The highest BCUT2D eigenvalue weighted by atomic mass is 35.5. The van der Waals surface area contributed by atoms with E-state index < -0.39 is 0 Å². The lowest BCUT2D eigenvalue weighted by molar-refractivity contribution is 0.0724. The molecule has 1 aromatic heterocycles. The Morgan fingerprint density at radius 1 is 1.09 bits per heavy atom. The molecular formula is C24H23Cl2N3O5. The van der Waals surface area contributed by atoms with Crippen LogP contribution in [0.1, 0.15) is 51.9 Å². The number of fused-ring (bicyclic) bond motifs is 1. The number of halogens is 2. The summed E-state index contributed by atoms with van der Waals surface area (Å²) in [5.74, 6) is 1.08. The van der Waals surface area contributed by atoms with Crippen molar-refractivity contribution in [2.24, 2.45) is 0 Å². The average molecular weight is 504 g/mol. The van der Waals surface area contributed by atoms with Crippen molar-refractivity contribution in [1.82, 2.24) is 15.4 Å². The predicted molar refractivity (Wildman–Crippen MR) is 126 cm³/mol. The minimum Gasteiger partial charge on any atom is -0.454 e. The molecule has 8 nitrogen and oxygen atoms in total. The molecule has 0 radical (unpaired) electrons. The van der Waals surface area contributed by atoms with Crippen LogP contribution in [-0.2, 0) is 13.1 Å². The van der Waals surface area contributed by atoms with E-state index in [2.05, 4.69) is 10.5 Å². The second-order valence-electron chi connectivity index (χ2n) is 7.75. The van der Waals surface area contributed by atoms with E-state index in [0.29, 0.717) is 34.4 Å². The molecule has 0 saturated heterocycles. The fourth-order valence-electron chi connectivity index (χ4n) is 3.44. The van der Waals surface area contributed by atoms with Crippen LogP contribution in [-0.4, -0.2) is 35.2 Å². The van der Waals surface area contributed by atoms with Crippen molar-refractivity contribution in [1.29, 1.82) is 0 Å². The second-order valence-corrected chi connectivity index (χ2v) is 8.60. The summed E-state index contributed by atoms with van der Waals surface area (Å²) in [5, 5.41) is 7.40. The minimum atomic E-state index is -0.389. The molecule has 0 aliphatic carbocycles. The number of benzene rings is 2. The molecule has 1 aliphatic rings. The van der Waals surface area contributed by atoms with Gasteiger partial charge in [0.05, 0.1) is 17.1 Å². The zero-order valence-corrected chi connectivity index (χ0v) is 20.0. The van der Waals surface area contributed by atoms with Crippen LogP contribution >= 0.6 is 23.2 Å². The van der Waals surface area contributed by atoms with Crippen molar-refractivity contribution in [2.75, 3.05) is 13.3 Å². The van der Waals surface area contributed by atoms with Crippen molar-refractivity contribution < 1.29 is 23.6 Å². The number of hydrogen-bond acceptors (Lipinski definition) is 6. The van der Waals surface area contributed by atoms with Gasteiger partial charge < -0.3 is 24.2 Å². The van der Waals surface area contributed by atoms with Crippen molar-refractivity contribution in [3.63, 3.8) is 0 Å². The third-order valence-electron chi connectivity index (χ3n) is 5.26. The smallest absolute Gasteiger partial charge is 0.273 e. The van der Waals surface area contributed by atoms with Crippen LogP contribution in [0.15, 0.2) is 47.0 Å². The first-order valence-corrected chi connectivity index (χ1v) is 11.6. The number of nitrogens with one attached hydrogen (secondary N) is 1. The molecule has 0 atom stereocenters.